The van der Waals surface area contributed by atoms with Gasteiger partial charge in [-0.3, -0.25) is 4.79 Å². The smallest absolute Gasteiger partial charge is 0.238 e. The topological polar surface area (TPSA) is 41.1 Å². The summed E-state index contributed by atoms with van der Waals surface area (Å²) < 4.78 is 0. The van der Waals surface area contributed by atoms with E-state index in [1.54, 1.807) is 0 Å². The third-order valence-electron chi connectivity index (χ3n) is 3.41. The Hall–Kier alpha value is -1.35. The Morgan fingerprint density at radius 3 is 2.39 bits per heavy atom. The van der Waals surface area contributed by atoms with Crippen molar-refractivity contribution < 1.29 is 4.79 Å². The molecule has 1 aliphatic carbocycles. The minimum Gasteiger partial charge on any atom is -0.325 e. The largest absolute Gasteiger partial charge is 0.325 e. The summed E-state index contributed by atoms with van der Waals surface area (Å²) in [6, 6.07) is 6.64. The Kier molecular flexibility index (Phi) is 4.37. The molecule has 0 atom stereocenters. The molecule has 0 saturated heterocycles. The number of benzene rings is 1. The fraction of sp³-hybridized carbons (Fsp3) is 0.533. The van der Waals surface area contributed by atoms with E-state index >= 15 is 0 Å². The molecule has 1 aromatic rings. The minimum absolute atomic E-state index is 0.0481. The van der Waals surface area contributed by atoms with Gasteiger partial charge < -0.3 is 10.6 Å². The maximum atomic E-state index is 11.8. The lowest BCUT2D eigenvalue weighted by molar-refractivity contribution is -0.115. The standard InChI is InChI=1S/C15H22N2O/c1-11-7-12(2)9-14(8-11)17-15(18)10-16-13-5-3-4-6-13/h7-9,13,16H,3-6,10H2,1-2H3,(H,17,18). The first-order valence-electron chi connectivity index (χ1n) is 6.75. The van der Waals surface area contributed by atoms with Gasteiger partial charge in [-0.05, 0) is 49.9 Å². The van der Waals surface area contributed by atoms with Gasteiger partial charge in [0.25, 0.3) is 0 Å². The van der Waals surface area contributed by atoms with E-state index in [4.69, 9.17) is 0 Å². The highest BCUT2D eigenvalue weighted by Crippen LogP contribution is 2.17. The van der Waals surface area contributed by atoms with Gasteiger partial charge in [0.2, 0.25) is 5.91 Å². The first-order valence-corrected chi connectivity index (χ1v) is 6.75. The van der Waals surface area contributed by atoms with E-state index in [1.165, 1.54) is 36.8 Å². The molecule has 0 heterocycles. The molecule has 0 aromatic heterocycles. The van der Waals surface area contributed by atoms with Crippen molar-refractivity contribution in [3.05, 3.63) is 29.3 Å². The predicted molar refractivity (Wildman–Crippen MR) is 74.8 cm³/mol. The average molecular weight is 246 g/mol. The fourth-order valence-corrected chi connectivity index (χ4v) is 2.62. The van der Waals surface area contributed by atoms with E-state index in [9.17, 15) is 4.79 Å². The van der Waals surface area contributed by atoms with Crippen molar-refractivity contribution in [2.45, 2.75) is 45.6 Å². The number of amides is 1. The summed E-state index contributed by atoms with van der Waals surface area (Å²) in [4.78, 5) is 11.8. The molecule has 3 nitrogen and oxygen atoms in total. The Bertz CT molecular complexity index is 402. The van der Waals surface area contributed by atoms with Crippen LogP contribution in [0.25, 0.3) is 0 Å². The van der Waals surface area contributed by atoms with Crippen molar-refractivity contribution in [3.63, 3.8) is 0 Å². The summed E-state index contributed by atoms with van der Waals surface area (Å²) >= 11 is 0. The summed E-state index contributed by atoms with van der Waals surface area (Å²) in [7, 11) is 0. The van der Waals surface area contributed by atoms with Gasteiger partial charge in [0.15, 0.2) is 0 Å². The Labute approximate surface area is 109 Å². The molecule has 18 heavy (non-hydrogen) atoms. The number of aryl methyl sites for hydroxylation is 2. The molecular formula is C15H22N2O. The normalized spacial score (nSPS) is 15.9. The minimum atomic E-state index is 0.0481. The van der Waals surface area contributed by atoms with E-state index in [1.807, 2.05) is 26.0 Å². The number of carbonyl (C=O) groups is 1. The molecular weight excluding hydrogens is 224 g/mol. The number of rotatable bonds is 4. The lowest BCUT2D eigenvalue weighted by Gasteiger charge is -2.12. The van der Waals surface area contributed by atoms with Crippen LogP contribution in [0.1, 0.15) is 36.8 Å². The fourth-order valence-electron chi connectivity index (χ4n) is 2.62. The van der Waals surface area contributed by atoms with Crippen LogP contribution in [0.2, 0.25) is 0 Å². The van der Waals surface area contributed by atoms with Gasteiger partial charge in [-0.25, -0.2) is 0 Å². The van der Waals surface area contributed by atoms with Crippen molar-refractivity contribution in [2.24, 2.45) is 0 Å². The lowest BCUT2D eigenvalue weighted by Crippen LogP contribution is -2.34. The number of hydrogen-bond acceptors (Lipinski definition) is 2. The molecule has 3 heteroatoms. The summed E-state index contributed by atoms with van der Waals surface area (Å²) in [5.74, 6) is 0.0481. The lowest BCUT2D eigenvalue weighted by atomic mass is 10.1. The van der Waals surface area contributed by atoms with Gasteiger partial charge in [-0.2, -0.15) is 0 Å². The monoisotopic (exact) mass is 246 g/mol. The van der Waals surface area contributed by atoms with Crippen molar-refractivity contribution in [1.82, 2.24) is 5.32 Å². The van der Waals surface area contributed by atoms with E-state index in [0.717, 1.165) is 5.69 Å². The zero-order valence-corrected chi connectivity index (χ0v) is 11.3. The molecule has 1 amide bonds. The molecule has 0 aliphatic heterocycles. The van der Waals surface area contributed by atoms with Crippen molar-refractivity contribution in [2.75, 3.05) is 11.9 Å². The molecule has 0 spiro atoms. The van der Waals surface area contributed by atoms with Crippen LogP contribution >= 0.6 is 0 Å². The Morgan fingerprint density at radius 1 is 1.17 bits per heavy atom. The highest BCUT2D eigenvalue weighted by atomic mass is 16.1. The van der Waals surface area contributed by atoms with E-state index in [-0.39, 0.29) is 5.91 Å². The van der Waals surface area contributed by atoms with Crippen LogP contribution in [0, 0.1) is 13.8 Å². The predicted octanol–water partition coefficient (Wildman–Crippen LogP) is 2.77. The maximum Gasteiger partial charge on any atom is 0.238 e. The molecule has 1 fully saturated rings. The molecule has 1 saturated carbocycles. The molecule has 0 unspecified atom stereocenters. The van der Waals surface area contributed by atoms with Gasteiger partial charge in [-0.1, -0.05) is 18.9 Å². The third kappa shape index (κ3) is 3.84. The number of hydrogen-bond donors (Lipinski definition) is 2. The van der Waals surface area contributed by atoms with Gasteiger partial charge in [-0.15, -0.1) is 0 Å². The molecule has 2 N–H and O–H groups in total. The highest BCUT2D eigenvalue weighted by Gasteiger charge is 2.15. The number of carbonyl (C=O) groups excluding carboxylic acids is 1. The molecule has 1 aromatic carbocycles. The van der Waals surface area contributed by atoms with Crippen LogP contribution in [0.5, 0.6) is 0 Å². The second-order valence-corrected chi connectivity index (χ2v) is 5.29. The van der Waals surface area contributed by atoms with E-state index < -0.39 is 0 Å². The van der Waals surface area contributed by atoms with Crippen LogP contribution in [0.15, 0.2) is 18.2 Å². The third-order valence-corrected chi connectivity index (χ3v) is 3.41. The van der Waals surface area contributed by atoms with Gasteiger partial charge >= 0.3 is 0 Å². The summed E-state index contributed by atoms with van der Waals surface area (Å²) in [5, 5.41) is 6.26. The van der Waals surface area contributed by atoms with Gasteiger partial charge in [0.1, 0.15) is 0 Å². The molecule has 1 aliphatic rings. The van der Waals surface area contributed by atoms with E-state index in [2.05, 4.69) is 16.7 Å². The van der Waals surface area contributed by atoms with Gasteiger partial charge in [0.05, 0.1) is 6.54 Å². The molecule has 0 bridgehead atoms. The quantitative estimate of drug-likeness (QED) is 0.857. The van der Waals surface area contributed by atoms with Gasteiger partial charge in [0, 0.05) is 11.7 Å². The SMILES string of the molecule is Cc1cc(C)cc(NC(=O)CNC2CCCC2)c1. The van der Waals surface area contributed by atoms with Crippen LogP contribution in [0.4, 0.5) is 5.69 Å². The summed E-state index contributed by atoms with van der Waals surface area (Å²) in [6.07, 6.45) is 4.99. The number of nitrogens with one attached hydrogen (secondary N) is 2. The zero-order chi connectivity index (χ0) is 13.0. The van der Waals surface area contributed by atoms with Crippen molar-refractivity contribution >= 4 is 11.6 Å². The summed E-state index contributed by atoms with van der Waals surface area (Å²) in [5.41, 5.74) is 3.24. The highest BCUT2D eigenvalue weighted by molar-refractivity contribution is 5.92. The van der Waals surface area contributed by atoms with Crippen LogP contribution < -0.4 is 10.6 Å². The molecule has 2 rings (SSSR count). The molecule has 98 valence electrons. The average Bonchev–Trinajstić information content (AvgIpc) is 2.77. The number of anilines is 1. The van der Waals surface area contributed by atoms with Crippen LogP contribution in [0.3, 0.4) is 0 Å². The molecule has 0 radical (unpaired) electrons. The first kappa shape index (κ1) is 13.1. The zero-order valence-electron chi connectivity index (χ0n) is 11.3. The first-order chi connectivity index (χ1) is 8.63. The Morgan fingerprint density at radius 2 is 1.78 bits per heavy atom. The second-order valence-electron chi connectivity index (χ2n) is 5.29. The van der Waals surface area contributed by atoms with E-state index in [0.29, 0.717) is 12.6 Å². The van der Waals surface area contributed by atoms with Crippen LogP contribution in [-0.4, -0.2) is 18.5 Å². The van der Waals surface area contributed by atoms with Crippen LogP contribution in [-0.2, 0) is 4.79 Å². The summed E-state index contributed by atoms with van der Waals surface area (Å²) in [6.45, 7) is 4.50. The van der Waals surface area contributed by atoms with Crippen molar-refractivity contribution in [3.8, 4) is 0 Å². The van der Waals surface area contributed by atoms with Crippen molar-refractivity contribution in [1.29, 1.82) is 0 Å². The maximum absolute atomic E-state index is 11.8. The Balaban J connectivity index is 1.82. The second kappa shape index (κ2) is 6.01.